The number of fused-ring (bicyclic) bond motifs is 16. The molecule has 4 heterocycles. The number of thiophene rings is 1. The average molecular weight is 1070 g/mol. The lowest BCUT2D eigenvalue weighted by molar-refractivity contribution is 0.332. The minimum absolute atomic E-state index is 0.00842. The van der Waals surface area contributed by atoms with E-state index in [0.29, 0.717) is 0 Å². The fourth-order valence-corrected chi connectivity index (χ4v) is 18.2. The SMILES string of the molecule is CC(C)(C)c1cc2c3c(c1)N(c1ccc4c(c1)C(C)(C)CCC4(C)C)c1c(sc4cc5c(cc14)C(C)(C)CCC5(C)C)B3c1ccc(-n3c4ccccc4c4ccccc43)cc1N2c1cccc2c1-c1ccccc1C21CCCCC1. The Labute approximate surface area is 485 Å². The first-order chi connectivity index (χ1) is 38.8. The van der Waals surface area contributed by atoms with Crippen molar-refractivity contribution < 1.29 is 0 Å². The summed E-state index contributed by atoms with van der Waals surface area (Å²) in [4.78, 5) is 5.58. The Hall–Kier alpha value is -6.82. The highest BCUT2D eigenvalue weighted by molar-refractivity contribution is 7.33. The van der Waals surface area contributed by atoms with Gasteiger partial charge in [-0.15, -0.1) is 11.3 Å². The van der Waals surface area contributed by atoms with E-state index in [1.54, 1.807) is 0 Å². The van der Waals surface area contributed by atoms with Crippen molar-refractivity contribution in [1.82, 2.24) is 4.57 Å². The lowest BCUT2D eigenvalue weighted by Crippen LogP contribution is -2.60. The molecule has 1 spiro atoms. The molecule has 81 heavy (non-hydrogen) atoms. The number of rotatable bonds is 3. The smallest absolute Gasteiger partial charge is 0.264 e. The van der Waals surface area contributed by atoms with Gasteiger partial charge in [0.25, 0.3) is 6.71 Å². The molecule has 0 amide bonds. The highest BCUT2D eigenvalue weighted by Crippen LogP contribution is 2.61. The first-order valence-corrected chi connectivity index (χ1v) is 31.5. The number of hydrogen-bond acceptors (Lipinski definition) is 3. The van der Waals surface area contributed by atoms with Crippen molar-refractivity contribution in [1.29, 1.82) is 0 Å². The first-order valence-electron chi connectivity index (χ1n) is 30.7. The van der Waals surface area contributed by atoms with Crippen LogP contribution in [0, 0.1) is 0 Å². The zero-order valence-corrected chi connectivity index (χ0v) is 50.4. The lowest BCUT2D eigenvalue weighted by atomic mass is 9.36. The quantitative estimate of drug-likeness (QED) is 0.163. The van der Waals surface area contributed by atoms with Gasteiger partial charge >= 0.3 is 0 Å². The van der Waals surface area contributed by atoms with E-state index >= 15 is 0 Å². The predicted octanol–water partition coefficient (Wildman–Crippen LogP) is 19.3. The average Bonchev–Trinajstić information content (AvgIpc) is 4.33. The standard InChI is InChI=1S/C76H76BN3S/c1-71(2,3)46-40-64-68-65(41-46)80(62-29-21-26-55-67(62)51-24-13-16-25-53(51)76(55)34-19-12-20-35-76)63-43-48(78-60-27-17-14-22-49(60)50-23-15-18-28-61(50)78)31-33-59(63)77(68)70-69(52-44-57-58(45-66(52)81-70)75(10,11)39-38-74(57,8)9)79(64)47-30-32-54-56(42-47)73(6,7)37-36-72(54,4)5/h13-18,21-33,40-45H,12,19-20,34-39H2,1-11H3. The second kappa shape index (κ2) is 16.7. The number of nitrogens with zero attached hydrogens (tertiary/aromatic N) is 3. The Kier molecular flexibility index (Phi) is 10.3. The van der Waals surface area contributed by atoms with Crippen molar-refractivity contribution in [3.05, 3.63) is 191 Å². The highest BCUT2D eigenvalue weighted by Gasteiger charge is 2.50. The Morgan fingerprint density at radius 2 is 1.02 bits per heavy atom. The van der Waals surface area contributed by atoms with E-state index < -0.39 is 0 Å². The zero-order chi connectivity index (χ0) is 55.5. The molecule has 4 aliphatic carbocycles. The summed E-state index contributed by atoms with van der Waals surface area (Å²) in [7, 11) is 0. The Morgan fingerprint density at radius 3 is 1.70 bits per heavy atom. The van der Waals surface area contributed by atoms with Gasteiger partial charge < -0.3 is 14.4 Å². The fourth-order valence-electron chi connectivity index (χ4n) is 16.9. The lowest BCUT2D eigenvalue weighted by Gasteiger charge is -2.46. The molecular formula is C76H76BN3S. The van der Waals surface area contributed by atoms with E-state index in [2.05, 4.69) is 254 Å². The molecule has 0 bridgehead atoms. The van der Waals surface area contributed by atoms with Crippen LogP contribution >= 0.6 is 11.3 Å². The number of aromatic nitrogens is 1. The van der Waals surface area contributed by atoms with Gasteiger partial charge in [-0.05, 0) is 188 Å². The second-order valence-corrected chi connectivity index (χ2v) is 30.3. The molecule has 6 aliphatic rings. The van der Waals surface area contributed by atoms with Crippen LogP contribution in [-0.4, -0.2) is 11.3 Å². The van der Waals surface area contributed by atoms with Gasteiger partial charge in [0.1, 0.15) is 0 Å². The van der Waals surface area contributed by atoms with Gasteiger partial charge in [0.15, 0.2) is 0 Å². The molecular weight excluding hydrogens is 998 g/mol. The minimum Gasteiger partial charge on any atom is -0.311 e. The molecule has 0 N–H and O–H groups in total. The summed E-state index contributed by atoms with van der Waals surface area (Å²) in [5.41, 5.74) is 27.7. The van der Waals surface area contributed by atoms with Crippen LogP contribution in [-0.2, 0) is 32.5 Å². The number of benzene rings is 8. The summed E-state index contributed by atoms with van der Waals surface area (Å²) in [5, 5.41) is 3.97. The van der Waals surface area contributed by atoms with Gasteiger partial charge in [0, 0.05) is 65.1 Å². The molecule has 0 saturated heterocycles. The summed E-state index contributed by atoms with van der Waals surface area (Å²) in [5.74, 6) is 0. The molecule has 5 heteroatoms. The van der Waals surface area contributed by atoms with E-state index in [-0.39, 0.29) is 39.2 Å². The van der Waals surface area contributed by atoms with E-state index in [4.69, 9.17) is 0 Å². The molecule has 2 aromatic heterocycles. The van der Waals surface area contributed by atoms with Crippen LogP contribution < -0.4 is 25.5 Å². The second-order valence-electron chi connectivity index (χ2n) is 29.3. The van der Waals surface area contributed by atoms with Crippen LogP contribution in [0.4, 0.5) is 34.1 Å². The maximum Gasteiger partial charge on any atom is 0.264 e. The van der Waals surface area contributed by atoms with E-state index in [0.717, 1.165) is 0 Å². The van der Waals surface area contributed by atoms with E-state index in [1.165, 1.54) is 195 Å². The summed E-state index contributed by atoms with van der Waals surface area (Å²) >= 11 is 2.08. The van der Waals surface area contributed by atoms with Gasteiger partial charge in [-0.3, -0.25) is 0 Å². The van der Waals surface area contributed by atoms with Crippen LogP contribution in [0.25, 0.3) is 48.7 Å². The van der Waals surface area contributed by atoms with Crippen LogP contribution in [0.15, 0.2) is 152 Å². The molecule has 3 nitrogen and oxygen atoms in total. The number of anilines is 6. The van der Waals surface area contributed by atoms with Crippen molar-refractivity contribution in [3.63, 3.8) is 0 Å². The summed E-state index contributed by atoms with van der Waals surface area (Å²) in [6.07, 6.45) is 11.0. The van der Waals surface area contributed by atoms with Gasteiger partial charge in [-0.1, -0.05) is 180 Å². The van der Waals surface area contributed by atoms with E-state index in [9.17, 15) is 0 Å². The normalized spacial score (nSPS) is 19.3. The van der Waals surface area contributed by atoms with Crippen molar-refractivity contribution >= 4 is 99.8 Å². The van der Waals surface area contributed by atoms with Gasteiger partial charge in [0.2, 0.25) is 0 Å². The van der Waals surface area contributed by atoms with Gasteiger partial charge in [0.05, 0.1) is 22.4 Å². The topological polar surface area (TPSA) is 11.4 Å². The van der Waals surface area contributed by atoms with Crippen LogP contribution in [0.5, 0.6) is 0 Å². The summed E-state index contributed by atoms with van der Waals surface area (Å²) in [6.45, 7) is 27.2. The van der Waals surface area contributed by atoms with Crippen molar-refractivity contribution in [2.24, 2.45) is 0 Å². The first kappa shape index (κ1) is 50.0. The predicted molar refractivity (Wildman–Crippen MR) is 349 cm³/mol. The molecule has 0 unspecified atom stereocenters. The largest absolute Gasteiger partial charge is 0.311 e. The van der Waals surface area contributed by atoms with Crippen LogP contribution in [0.3, 0.4) is 0 Å². The van der Waals surface area contributed by atoms with Crippen molar-refractivity contribution in [2.75, 3.05) is 9.80 Å². The molecule has 1 saturated carbocycles. The molecule has 0 radical (unpaired) electrons. The zero-order valence-electron chi connectivity index (χ0n) is 49.6. The summed E-state index contributed by atoms with van der Waals surface area (Å²) in [6, 6.07) is 60.9. The monoisotopic (exact) mass is 1070 g/mol. The fraction of sp³-hybridized carbons (Fsp3) is 0.342. The maximum absolute atomic E-state index is 2.79. The number of para-hydroxylation sites is 2. The molecule has 404 valence electrons. The highest BCUT2D eigenvalue weighted by atomic mass is 32.1. The van der Waals surface area contributed by atoms with Gasteiger partial charge in [-0.2, -0.15) is 0 Å². The summed E-state index contributed by atoms with van der Waals surface area (Å²) < 4.78 is 5.39. The number of hydrogen-bond donors (Lipinski definition) is 0. The molecule has 16 rings (SSSR count). The Morgan fingerprint density at radius 1 is 0.444 bits per heavy atom. The van der Waals surface area contributed by atoms with E-state index in [1.807, 2.05) is 0 Å². The van der Waals surface area contributed by atoms with Gasteiger partial charge in [-0.25, -0.2) is 0 Å². The molecule has 10 aromatic rings. The Balaban J connectivity index is 1.05. The Bertz CT molecular complexity index is 4300. The van der Waals surface area contributed by atoms with Crippen LogP contribution in [0.2, 0.25) is 0 Å². The molecule has 0 atom stereocenters. The molecule has 8 aromatic carbocycles. The van der Waals surface area contributed by atoms with Crippen LogP contribution in [0.1, 0.15) is 173 Å². The third-order valence-electron chi connectivity index (χ3n) is 21.6. The third-order valence-corrected chi connectivity index (χ3v) is 22.8. The maximum atomic E-state index is 2.79. The molecule has 1 fully saturated rings. The third kappa shape index (κ3) is 6.88. The molecule has 2 aliphatic heterocycles. The van der Waals surface area contributed by atoms with Crippen molar-refractivity contribution in [3.8, 4) is 16.8 Å². The minimum atomic E-state index is -0.158. The van der Waals surface area contributed by atoms with Crippen molar-refractivity contribution in [2.45, 2.75) is 166 Å².